The minimum Gasteiger partial charge on any atom is -0.508 e. The highest BCUT2D eigenvalue weighted by molar-refractivity contribution is 5.45. The molecule has 2 aliphatic heterocycles. The number of rotatable bonds is 0. The van der Waals surface area contributed by atoms with Gasteiger partial charge in [-0.15, -0.1) is 0 Å². The second kappa shape index (κ2) is 2.89. The van der Waals surface area contributed by atoms with Crippen LogP contribution in [0.3, 0.4) is 0 Å². The number of phenolic OH excluding ortho intramolecular Hbond substituents is 1. The van der Waals surface area contributed by atoms with E-state index >= 15 is 0 Å². The monoisotopic (exact) mass is 191 g/mol. The molecule has 74 valence electrons. The Morgan fingerprint density at radius 2 is 2.36 bits per heavy atom. The van der Waals surface area contributed by atoms with E-state index in [4.69, 9.17) is 4.74 Å². The molecule has 3 rings (SSSR count). The molecule has 0 unspecified atom stereocenters. The summed E-state index contributed by atoms with van der Waals surface area (Å²) in [6.07, 6.45) is 2.54. The average molecular weight is 191 g/mol. The van der Waals surface area contributed by atoms with Gasteiger partial charge in [-0.2, -0.15) is 0 Å². The fourth-order valence-corrected chi connectivity index (χ4v) is 2.34. The van der Waals surface area contributed by atoms with Crippen molar-refractivity contribution in [2.45, 2.75) is 25.0 Å². The third-order valence-electron chi connectivity index (χ3n) is 3.01. The van der Waals surface area contributed by atoms with Crippen LogP contribution in [0.5, 0.6) is 11.5 Å². The van der Waals surface area contributed by atoms with Crippen LogP contribution in [-0.4, -0.2) is 17.8 Å². The van der Waals surface area contributed by atoms with Gasteiger partial charge >= 0.3 is 0 Å². The summed E-state index contributed by atoms with van der Waals surface area (Å²) in [6.45, 7) is 1.06. The first-order valence-electron chi connectivity index (χ1n) is 5.07. The summed E-state index contributed by atoms with van der Waals surface area (Å²) in [5, 5.41) is 12.8. The molecule has 2 N–H and O–H groups in total. The first-order chi connectivity index (χ1) is 6.84. The minimum atomic E-state index is 0.264. The highest BCUT2D eigenvalue weighted by Crippen LogP contribution is 2.41. The van der Waals surface area contributed by atoms with Crippen LogP contribution >= 0.6 is 0 Å². The molecule has 1 fully saturated rings. The van der Waals surface area contributed by atoms with Crippen LogP contribution < -0.4 is 10.1 Å². The molecule has 2 heterocycles. The Morgan fingerprint density at radius 3 is 3.29 bits per heavy atom. The highest BCUT2D eigenvalue weighted by atomic mass is 16.5. The number of ether oxygens (including phenoxy) is 1. The van der Waals surface area contributed by atoms with Crippen molar-refractivity contribution < 1.29 is 9.84 Å². The molecule has 0 amide bonds. The lowest BCUT2D eigenvalue weighted by Crippen LogP contribution is -2.36. The summed E-state index contributed by atoms with van der Waals surface area (Å²) in [4.78, 5) is 0. The third kappa shape index (κ3) is 1.09. The van der Waals surface area contributed by atoms with E-state index < -0.39 is 0 Å². The zero-order valence-corrected chi connectivity index (χ0v) is 7.86. The van der Waals surface area contributed by atoms with E-state index in [-0.39, 0.29) is 11.9 Å². The second-order valence-corrected chi connectivity index (χ2v) is 3.95. The maximum Gasteiger partial charge on any atom is 0.128 e. The molecule has 0 radical (unpaired) electrons. The number of phenols is 1. The smallest absolute Gasteiger partial charge is 0.128 e. The average Bonchev–Trinajstić information content (AvgIpc) is 2.54. The number of hydrogen-bond acceptors (Lipinski definition) is 3. The fourth-order valence-electron chi connectivity index (χ4n) is 2.34. The molecule has 2 atom stereocenters. The summed E-state index contributed by atoms with van der Waals surface area (Å²) >= 11 is 0. The molecule has 0 saturated carbocycles. The standard InChI is InChI=1S/C11H13NO2/c13-7-3-4-8-10(6-7)14-9-2-1-5-12-11(8)9/h3-4,6,9,11-13H,1-2,5H2/t9-,11-/m0/s1. The molecule has 0 aliphatic carbocycles. The lowest BCUT2D eigenvalue weighted by Gasteiger charge is -2.25. The van der Waals surface area contributed by atoms with Crippen LogP contribution in [-0.2, 0) is 0 Å². The van der Waals surface area contributed by atoms with Gasteiger partial charge in [-0.25, -0.2) is 0 Å². The summed E-state index contributed by atoms with van der Waals surface area (Å²) in [5.41, 5.74) is 1.19. The molecule has 14 heavy (non-hydrogen) atoms. The quantitative estimate of drug-likeness (QED) is 0.654. The molecule has 0 aromatic heterocycles. The molecule has 1 aromatic carbocycles. The molecule has 3 nitrogen and oxygen atoms in total. The number of fused-ring (bicyclic) bond motifs is 3. The Kier molecular flexibility index (Phi) is 1.67. The van der Waals surface area contributed by atoms with Crippen LogP contribution in [0.2, 0.25) is 0 Å². The van der Waals surface area contributed by atoms with Crippen molar-refractivity contribution in [1.82, 2.24) is 5.32 Å². The largest absolute Gasteiger partial charge is 0.508 e. The molecule has 3 heteroatoms. The van der Waals surface area contributed by atoms with Crippen molar-refractivity contribution in [2.75, 3.05) is 6.54 Å². The summed E-state index contributed by atoms with van der Waals surface area (Å²) < 4.78 is 5.77. The lowest BCUT2D eigenvalue weighted by molar-refractivity contribution is 0.154. The highest BCUT2D eigenvalue weighted by Gasteiger charge is 2.35. The van der Waals surface area contributed by atoms with Crippen LogP contribution in [0.25, 0.3) is 0 Å². The molecular formula is C11H13NO2. The van der Waals surface area contributed by atoms with Crippen LogP contribution in [0.1, 0.15) is 24.4 Å². The van der Waals surface area contributed by atoms with Crippen LogP contribution in [0.4, 0.5) is 0 Å². The normalized spacial score (nSPS) is 29.1. The third-order valence-corrected chi connectivity index (χ3v) is 3.01. The van der Waals surface area contributed by atoms with Crippen molar-refractivity contribution in [3.63, 3.8) is 0 Å². The molecule has 1 saturated heterocycles. The lowest BCUT2D eigenvalue weighted by atomic mass is 9.97. The number of piperidine rings is 1. The van der Waals surface area contributed by atoms with Crippen molar-refractivity contribution >= 4 is 0 Å². The van der Waals surface area contributed by atoms with Gasteiger partial charge in [0.2, 0.25) is 0 Å². The van der Waals surface area contributed by atoms with E-state index in [1.54, 1.807) is 12.1 Å². The van der Waals surface area contributed by atoms with Crippen LogP contribution in [0.15, 0.2) is 18.2 Å². The predicted octanol–water partition coefficient (Wildman–Crippen LogP) is 1.58. The van der Waals surface area contributed by atoms with Gasteiger partial charge in [0, 0.05) is 11.6 Å². The predicted molar refractivity (Wildman–Crippen MR) is 52.5 cm³/mol. The molecule has 1 aromatic rings. The van der Waals surface area contributed by atoms with Gasteiger partial charge < -0.3 is 15.2 Å². The number of benzene rings is 1. The number of hydrogen-bond donors (Lipinski definition) is 2. The van der Waals surface area contributed by atoms with Gasteiger partial charge in [0.05, 0.1) is 6.04 Å². The van der Waals surface area contributed by atoms with Crippen LogP contribution in [0, 0.1) is 0 Å². The zero-order chi connectivity index (χ0) is 9.54. The summed E-state index contributed by atoms with van der Waals surface area (Å²) in [5.74, 6) is 1.12. The van der Waals surface area contributed by atoms with Gasteiger partial charge in [-0.05, 0) is 31.5 Å². The molecule has 2 aliphatic rings. The van der Waals surface area contributed by atoms with Gasteiger partial charge in [-0.3, -0.25) is 0 Å². The fraction of sp³-hybridized carbons (Fsp3) is 0.455. The van der Waals surface area contributed by atoms with E-state index in [1.807, 2.05) is 6.07 Å². The molecular weight excluding hydrogens is 178 g/mol. The van der Waals surface area contributed by atoms with E-state index in [0.717, 1.165) is 18.7 Å². The summed E-state index contributed by atoms with van der Waals surface area (Å²) in [6, 6.07) is 5.71. The SMILES string of the molecule is Oc1ccc2c(c1)O[C@H]1CCCN[C@@H]21. The molecule has 0 bridgehead atoms. The zero-order valence-electron chi connectivity index (χ0n) is 7.86. The van der Waals surface area contributed by atoms with E-state index in [0.29, 0.717) is 6.04 Å². The van der Waals surface area contributed by atoms with Gasteiger partial charge in [0.1, 0.15) is 17.6 Å². The van der Waals surface area contributed by atoms with Crippen molar-refractivity contribution in [2.24, 2.45) is 0 Å². The minimum absolute atomic E-state index is 0.264. The van der Waals surface area contributed by atoms with Crippen molar-refractivity contribution in [1.29, 1.82) is 0 Å². The number of aromatic hydroxyl groups is 1. The Labute approximate surface area is 82.7 Å². The first kappa shape index (κ1) is 8.12. The Balaban J connectivity index is 2.01. The van der Waals surface area contributed by atoms with E-state index in [2.05, 4.69) is 5.32 Å². The first-order valence-corrected chi connectivity index (χ1v) is 5.07. The van der Waals surface area contributed by atoms with Gasteiger partial charge in [0.25, 0.3) is 0 Å². The number of nitrogens with one attached hydrogen (secondary N) is 1. The van der Waals surface area contributed by atoms with E-state index in [9.17, 15) is 5.11 Å². The second-order valence-electron chi connectivity index (χ2n) is 3.95. The maximum absolute atomic E-state index is 9.33. The van der Waals surface area contributed by atoms with Gasteiger partial charge in [0.15, 0.2) is 0 Å². The van der Waals surface area contributed by atoms with Gasteiger partial charge in [-0.1, -0.05) is 0 Å². The Bertz CT molecular complexity index is 364. The maximum atomic E-state index is 9.33. The van der Waals surface area contributed by atoms with Crippen molar-refractivity contribution in [3.05, 3.63) is 23.8 Å². The van der Waals surface area contributed by atoms with Crippen molar-refractivity contribution in [3.8, 4) is 11.5 Å². The Hall–Kier alpha value is -1.22. The van der Waals surface area contributed by atoms with E-state index in [1.165, 1.54) is 12.0 Å². The molecule has 0 spiro atoms. The Morgan fingerprint density at radius 1 is 1.43 bits per heavy atom. The topological polar surface area (TPSA) is 41.5 Å². The summed E-state index contributed by atoms with van der Waals surface area (Å²) in [7, 11) is 0.